The van der Waals surface area contributed by atoms with E-state index in [0.717, 1.165) is 12.0 Å². The molecule has 0 heterocycles. The molecule has 0 spiro atoms. The lowest BCUT2D eigenvalue weighted by atomic mass is 10.1. The van der Waals surface area contributed by atoms with Crippen molar-refractivity contribution in [2.45, 2.75) is 32.9 Å². The summed E-state index contributed by atoms with van der Waals surface area (Å²) >= 11 is 0. The number of carbonyl (C=O) groups is 1. The van der Waals surface area contributed by atoms with E-state index in [2.05, 4.69) is 5.32 Å². The highest BCUT2D eigenvalue weighted by Gasteiger charge is 2.03. The van der Waals surface area contributed by atoms with Crippen LogP contribution in [0.1, 0.15) is 25.0 Å². The molecule has 0 aliphatic carbocycles. The second kappa shape index (κ2) is 6.91. The fraction of sp³-hybridized carbons (Fsp3) is 0.462. The first-order chi connectivity index (χ1) is 8.11. The highest BCUT2D eigenvalue weighted by molar-refractivity contribution is 5.67. The van der Waals surface area contributed by atoms with Gasteiger partial charge >= 0.3 is 6.09 Å². The van der Waals surface area contributed by atoms with E-state index in [4.69, 9.17) is 10.5 Å². The number of ether oxygens (including phenoxy) is 1. The number of carbonyl (C=O) groups excluding carboxylic acids is 1. The number of amides is 1. The summed E-state index contributed by atoms with van der Waals surface area (Å²) < 4.78 is 4.97. The van der Waals surface area contributed by atoms with Gasteiger partial charge in [0.15, 0.2) is 0 Å². The molecule has 3 N–H and O–H groups in total. The van der Waals surface area contributed by atoms with Gasteiger partial charge in [0, 0.05) is 6.54 Å². The van der Waals surface area contributed by atoms with Crippen LogP contribution < -0.4 is 11.1 Å². The van der Waals surface area contributed by atoms with Gasteiger partial charge in [-0.3, -0.25) is 0 Å². The third-order valence-electron chi connectivity index (χ3n) is 2.24. The second-order valence-electron chi connectivity index (χ2n) is 4.16. The van der Waals surface area contributed by atoms with Crippen LogP contribution in [0.5, 0.6) is 0 Å². The van der Waals surface area contributed by atoms with Crippen LogP contribution >= 0.6 is 0 Å². The van der Waals surface area contributed by atoms with Crippen LogP contribution in [-0.2, 0) is 17.7 Å². The third kappa shape index (κ3) is 5.36. The van der Waals surface area contributed by atoms with Crippen molar-refractivity contribution in [2.75, 3.05) is 6.54 Å². The highest BCUT2D eigenvalue weighted by atomic mass is 16.6. The molecule has 4 nitrogen and oxygen atoms in total. The molecule has 0 saturated heterocycles. The van der Waals surface area contributed by atoms with Crippen molar-refractivity contribution in [1.82, 2.24) is 5.32 Å². The van der Waals surface area contributed by atoms with Gasteiger partial charge in [0.2, 0.25) is 0 Å². The van der Waals surface area contributed by atoms with Gasteiger partial charge in [0.05, 0.1) is 6.10 Å². The van der Waals surface area contributed by atoms with Gasteiger partial charge in [-0.15, -0.1) is 0 Å². The largest absolute Gasteiger partial charge is 0.447 e. The molecule has 0 fully saturated rings. The van der Waals surface area contributed by atoms with Gasteiger partial charge in [0.25, 0.3) is 0 Å². The van der Waals surface area contributed by atoms with Crippen molar-refractivity contribution in [1.29, 1.82) is 0 Å². The topological polar surface area (TPSA) is 64.3 Å². The van der Waals surface area contributed by atoms with Crippen molar-refractivity contribution in [3.8, 4) is 0 Å². The summed E-state index contributed by atoms with van der Waals surface area (Å²) in [6.45, 7) is 4.77. The van der Waals surface area contributed by atoms with Crippen molar-refractivity contribution in [3.05, 3.63) is 35.4 Å². The van der Waals surface area contributed by atoms with Crippen molar-refractivity contribution in [3.63, 3.8) is 0 Å². The molecule has 0 aliphatic heterocycles. The van der Waals surface area contributed by atoms with Crippen LogP contribution in [0.3, 0.4) is 0 Å². The highest BCUT2D eigenvalue weighted by Crippen LogP contribution is 2.04. The molecule has 4 heteroatoms. The van der Waals surface area contributed by atoms with E-state index in [-0.39, 0.29) is 12.2 Å². The number of rotatable bonds is 5. The number of alkyl carbamates (subject to hydrolysis) is 1. The summed E-state index contributed by atoms with van der Waals surface area (Å²) in [4.78, 5) is 11.2. The summed E-state index contributed by atoms with van der Waals surface area (Å²) in [5.74, 6) is 0. The van der Waals surface area contributed by atoms with Crippen LogP contribution in [0.4, 0.5) is 4.79 Å². The van der Waals surface area contributed by atoms with Crippen LogP contribution in [0.2, 0.25) is 0 Å². The molecular weight excluding hydrogens is 216 g/mol. The number of nitrogens with two attached hydrogens (primary N) is 1. The molecule has 0 unspecified atom stereocenters. The van der Waals surface area contributed by atoms with Crippen LogP contribution in [0, 0.1) is 0 Å². The smallest absolute Gasteiger partial charge is 0.407 e. The third-order valence-corrected chi connectivity index (χ3v) is 2.24. The van der Waals surface area contributed by atoms with Crippen molar-refractivity contribution in [2.24, 2.45) is 5.73 Å². The maximum atomic E-state index is 11.2. The monoisotopic (exact) mass is 236 g/mol. The Bertz CT molecular complexity index is 347. The van der Waals surface area contributed by atoms with E-state index < -0.39 is 0 Å². The molecule has 1 aromatic rings. The summed E-state index contributed by atoms with van der Waals surface area (Å²) in [5.41, 5.74) is 7.73. The Morgan fingerprint density at radius 1 is 1.29 bits per heavy atom. The van der Waals surface area contributed by atoms with Gasteiger partial charge in [0.1, 0.15) is 0 Å². The molecule has 0 aliphatic rings. The zero-order valence-electron chi connectivity index (χ0n) is 10.4. The summed E-state index contributed by atoms with van der Waals surface area (Å²) in [6.07, 6.45) is 0.399. The summed E-state index contributed by atoms with van der Waals surface area (Å²) in [6, 6.07) is 8.02. The minimum absolute atomic E-state index is 0.0954. The molecule has 0 bridgehead atoms. The first-order valence-electron chi connectivity index (χ1n) is 5.84. The van der Waals surface area contributed by atoms with E-state index in [1.807, 2.05) is 38.1 Å². The number of hydrogen-bond donors (Lipinski definition) is 2. The van der Waals surface area contributed by atoms with Gasteiger partial charge < -0.3 is 15.8 Å². The molecule has 1 rings (SSSR count). The van der Waals surface area contributed by atoms with Gasteiger partial charge in [-0.25, -0.2) is 4.79 Å². The Morgan fingerprint density at radius 3 is 2.41 bits per heavy atom. The number of hydrogen-bond acceptors (Lipinski definition) is 3. The lowest BCUT2D eigenvalue weighted by Gasteiger charge is -2.09. The molecule has 1 amide bonds. The lowest BCUT2D eigenvalue weighted by molar-refractivity contribution is 0.115. The first-order valence-corrected chi connectivity index (χ1v) is 5.84. The Labute approximate surface area is 102 Å². The SMILES string of the molecule is CC(C)OC(=O)NCc1ccc(CCN)cc1. The maximum absolute atomic E-state index is 11.2. The van der Waals surface area contributed by atoms with Gasteiger partial charge in [-0.05, 0) is 37.9 Å². The standard InChI is InChI=1S/C13H20N2O2/c1-10(2)17-13(16)15-9-12-5-3-11(4-6-12)7-8-14/h3-6,10H,7-9,14H2,1-2H3,(H,15,16). The van der Waals surface area contributed by atoms with E-state index in [1.165, 1.54) is 5.56 Å². The van der Waals surface area contributed by atoms with E-state index in [9.17, 15) is 4.79 Å². The molecule has 0 atom stereocenters. The van der Waals surface area contributed by atoms with Crippen molar-refractivity contribution >= 4 is 6.09 Å². The predicted molar refractivity (Wildman–Crippen MR) is 67.7 cm³/mol. The van der Waals surface area contributed by atoms with Crippen LogP contribution in [0.25, 0.3) is 0 Å². The van der Waals surface area contributed by atoms with E-state index in [1.54, 1.807) is 0 Å². The fourth-order valence-corrected chi connectivity index (χ4v) is 1.42. The van der Waals surface area contributed by atoms with Crippen LogP contribution in [-0.4, -0.2) is 18.7 Å². The maximum Gasteiger partial charge on any atom is 0.407 e. The van der Waals surface area contributed by atoms with Gasteiger partial charge in [-0.2, -0.15) is 0 Å². The quantitative estimate of drug-likeness (QED) is 0.819. The molecule has 0 radical (unpaired) electrons. The molecule has 0 aromatic heterocycles. The lowest BCUT2D eigenvalue weighted by Crippen LogP contribution is -2.26. The summed E-state index contributed by atoms with van der Waals surface area (Å²) in [7, 11) is 0. The first kappa shape index (κ1) is 13.5. The Morgan fingerprint density at radius 2 is 1.88 bits per heavy atom. The van der Waals surface area contributed by atoms with E-state index in [0.29, 0.717) is 13.1 Å². The minimum Gasteiger partial charge on any atom is -0.447 e. The normalized spacial score (nSPS) is 10.4. The van der Waals surface area contributed by atoms with E-state index >= 15 is 0 Å². The summed E-state index contributed by atoms with van der Waals surface area (Å²) in [5, 5.41) is 2.70. The number of benzene rings is 1. The Balaban J connectivity index is 2.39. The van der Waals surface area contributed by atoms with Gasteiger partial charge in [-0.1, -0.05) is 24.3 Å². The molecular formula is C13H20N2O2. The zero-order chi connectivity index (χ0) is 12.7. The zero-order valence-corrected chi connectivity index (χ0v) is 10.4. The molecule has 94 valence electrons. The average molecular weight is 236 g/mol. The Kier molecular flexibility index (Phi) is 5.49. The number of nitrogens with one attached hydrogen (secondary N) is 1. The fourth-order valence-electron chi connectivity index (χ4n) is 1.42. The molecule has 17 heavy (non-hydrogen) atoms. The predicted octanol–water partition coefficient (Wildman–Crippen LogP) is 1.82. The molecule has 0 saturated carbocycles. The second-order valence-corrected chi connectivity index (χ2v) is 4.16. The van der Waals surface area contributed by atoms with Crippen molar-refractivity contribution < 1.29 is 9.53 Å². The molecule has 1 aromatic carbocycles. The average Bonchev–Trinajstić information content (AvgIpc) is 2.28. The Hall–Kier alpha value is -1.55. The van der Waals surface area contributed by atoms with Crippen LogP contribution in [0.15, 0.2) is 24.3 Å². The minimum atomic E-state index is -0.383.